The van der Waals surface area contributed by atoms with Crippen molar-refractivity contribution in [3.63, 3.8) is 0 Å². The van der Waals surface area contributed by atoms with E-state index in [9.17, 15) is 14.9 Å². The van der Waals surface area contributed by atoms with Gasteiger partial charge in [0.05, 0.1) is 9.95 Å². The molecule has 2 rings (SSSR count). The van der Waals surface area contributed by atoms with Gasteiger partial charge in [-0.25, -0.2) is 9.78 Å². The molecule has 0 atom stereocenters. The van der Waals surface area contributed by atoms with Gasteiger partial charge in [-0.3, -0.25) is 10.1 Å². The number of rotatable bonds is 4. The Labute approximate surface area is 113 Å². The molecule has 7 nitrogen and oxygen atoms in total. The van der Waals surface area contributed by atoms with Crippen molar-refractivity contribution in [1.82, 2.24) is 4.98 Å². The van der Waals surface area contributed by atoms with Gasteiger partial charge in [-0.05, 0) is 18.9 Å². The molecule has 1 aliphatic rings. The van der Waals surface area contributed by atoms with E-state index in [-0.39, 0.29) is 5.56 Å². The van der Waals surface area contributed by atoms with Crippen LogP contribution in [-0.2, 0) is 4.74 Å². The Kier molecular flexibility index (Phi) is 4.33. The molecule has 1 N–H and O–H groups in total. The Morgan fingerprint density at radius 3 is 2.79 bits per heavy atom. The minimum Gasteiger partial charge on any atom is -0.477 e. The van der Waals surface area contributed by atoms with Crippen LogP contribution >= 0.6 is 11.8 Å². The first-order valence-electron chi connectivity index (χ1n) is 5.70. The third kappa shape index (κ3) is 3.42. The molecule has 0 unspecified atom stereocenters. The van der Waals surface area contributed by atoms with Crippen LogP contribution in [0.25, 0.3) is 0 Å². The first-order chi connectivity index (χ1) is 9.08. The van der Waals surface area contributed by atoms with Crippen LogP contribution in [-0.4, -0.2) is 39.4 Å². The summed E-state index contributed by atoms with van der Waals surface area (Å²) in [5.74, 6) is -1.32. The van der Waals surface area contributed by atoms with Crippen molar-refractivity contribution < 1.29 is 19.6 Å². The SMILES string of the molecule is O=C(O)c1cc(SC2CCOCC2)ncc1[N+](=O)[O-]. The Morgan fingerprint density at radius 2 is 2.21 bits per heavy atom. The zero-order valence-electron chi connectivity index (χ0n) is 9.94. The molecule has 0 aromatic carbocycles. The second-order valence-corrected chi connectivity index (χ2v) is 5.35. The number of thioether (sulfide) groups is 1. The lowest BCUT2D eigenvalue weighted by Gasteiger charge is -2.20. The quantitative estimate of drug-likeness (QED) is 0.665. The summed E-state index contributed by atoms with van der Waals surface area (Å²) in [5.41, 5.74) is -0.807. The molecular weight excluding hydrogens is 272 g/mol. The molecule has 0 amide bonds. The Morgan fingerprint density at radius 1 is 1.53 bits per heavy atom. The number of carboxylic acids is 1. The largest absolute Gasteiger partial charge is 0.477 e. The number of hydrogen-bond acceptors (Lipinski definition) is 6. The summed E-state index contributed by atoms with van der Waals surface area (Å²) in [4.78, 5) is 24.9. The van der Waals surface area contributed by atoms with Gasteiger partial charge >= 0.3 is 11.7 Å². The van der Waals surface area contributed by atoms with E-state index < -0.39 is 16.6 Å². The Hall–Kier alpha value is -1.67. The van der Waals surface area contributed by atoms with E-state index in [1.807, 2.05) is 0 Å². The molecule has 0 aliphatic carbocycles. The molecule has 1 aromatic rings. The van der Waals surface area contributed by atoms with E-state index in [1.54, 1.807) is 0 Å². The summed E-state index contributed by atoms with van der Waals surface area (Å²) in [7, 11) is 0. The average Bonchev–Trinajstić information content (AvgIpc) is 2.39. The molecule has 1 saturated heterocycles. The molecule has 0 bridgehead atoms. The topological polar surface area (TPSA) is 103 Å². The highest BCUT2D eigenvalue weighted by atomic mass is 32.2. The van der Waals surface area contributed by atoms with E-state index >= 15 is 0 Å². The highest BCUT2D eigenvalue weighted by molar-refractivity contribution is 7.99. The minimum absolute atomic E-state index is 0.310. The van der Waals surface area contributed by atoms with Gasteiger partial charge in [0, 0.05) is 18.5 Å². The van der Waals surface area contributed by atoms with Gasteiger partial charge in [0.15, 0.2) is 0 Å². The van der Waals surface area contributed by atoms with E-state index in [2.05, 4.69) is 4.98 Å². The molecule has 19 heavy (non-hydrogen) atoms. The van der Waals surface area contributed by atoms with Gasteiger partial charge in [-0.15, -0.1) is 11.8 Å². The van der Waals surface area contributed by atoms with Crippen LogP contribution < -0.4 is 0 Å². The van der Waals surface area contributed by atoms with Gasteiger partial charge < -0.3 is 9.84 Å². The number of aromatic nitrogens is 1. The first-order valence-corrected chi connectivity index (χ1v) is 6.58. The molecule has 0 spiro atoms. The van der Waals surface area contributed by atoms with Crippen LogP contribution in [0.1, 0.15) is 23.2 Å². The van der Waals surface area contributed by atoms with Gasteiger partial charge in [0.1, 0.15) is 11.8 Å². The van der Waals surface area contributed by atoms with Crippen LogP contribution in [0.15, 0.2) is 17.3 Å². The first kappa shape index (κ1) is 13.8. The summed E-state index contributed by atoms with van der Waals surface area (Å²) in [6.07, 6.45) is 2.74. The van der Waals surface area contributed by atoms with E-state index in [1.165, 1.54) is 17.8 Å². The molecule has 0 saturated carbocycles. The maximum absolute atomic E-state index is 11.0. The van der Waals surface area contributed by atoms with Crippen molar-refractivity contribution in [2.24, 2.45) is 0 Å². The fraction of sp³-hybridized carbons (Fsp3) is 0.455. The second-order valence-electron chi connectivity index (χ2n) is 4.03. The van der Waals surface area contributed by atoms with Crippen LogP contribution in [0.3, 0.4) is 0 Å². The normalized spacial score (nSPS) is 16.2. The number of hydrogen-bond donors (Lipinski definition) is 1. The van der Waals surface area contributed by atoms with Crippen molar-refractivity contribution >= 4 is 23.4 Å². The van der Waals surface area contributed by atoms with Crippen molar-refractivity contribution in [1.29, 1.82) is 0 Å². The van der Waals surface area contributed by atoms with Gasteiger partial charge in [0.25, 0.3) is 0 Å². The summed E-state index contributed by atoms with van der Waals surface area (Å²) in [5, 5.41) is 20.5. The van der Waals surface area contributed by atoms with Gasteiger partial charge in [-0.1, -0.05) is 0 Å². The van der Waals surface area contributed by atoms with Crippen molar-refractivity contribution in [2.75, 3.05) is 13.2 Å². The lowest BCUT2D eigenvalue weighted by atomic mass is 10.2. The number of aromatic carboxylic acids is 1. The predicted molar refractivity (Wildman–Crippen MR) is 67.5 cm³/mol. The van der Waals surface area contributed by atoms with Gasteiger partial charge in [0.2, 0.25) is 0 Å². The fourth-order valence-corrected chi connectivity index (χ4v) is 2.84. The summed E-state index contributed by atoms with van der Waals surface area (Å²) >= 11 is 1.44. The van der Waals surface area contributed by atoms with E-state index in [0.717, 1.165) is 19.0 Å². The van der Waals surface area contributed by atoms with Crippen LogP contribution in [0.5, 0.6) is 0 Å². The van der Waals surface area contributed by atoms with Crippen molar-refractivity contribution in [3.8, 4) is 0 Å². The van der Waals surface area contributed by atoms with Crippen molar-refractivity contribution in [3.05, 3.63) is 27.9 Å². The highest BCUT2D eigenvalue weighted by Gasteiger charge is 2.23. The zero-order chi connectivity index (χ0) is 13.8. The van der Waals surface area contributed by atoms with E-state index in [0.29, 0.717) is 23.5 Å². The molecule has 102 valence electrons. The van der Waals surface area contributed by atoms with Gasteiger partial charge in [-0.2, -0.15) is 0 Å². The molecule has 2 heterocycles. The molecule has 1 fully saturated rings. The minimum atomic E-state index is -1.32. The number of nitro groups is 1. The maximum atomic E-state index is 11.0. The third-order valence-corrected chi connectivity index (χ3v) is 4.01. The van der Waals surface area contributed by atoms with Crippen LogP contribution in [0.2, 0.25) is 0 Å². The smallest absolute Gasteiger partial charge is 0.342 e. The lowest BCUT2D eigenvalue weighted by molar-refractivity contribution is -0.385. The summed E-state index contributed by atoms with van der Waals surface area (Å²) < 4.78 is 5.23. The monoisotopic (exact) mass is 284 g/mol. The molecular formula is C11H12N2O5S. The number of ether oxygens (including phenoxy) is 1. The van der Waals surface area contributed by atoms with Crippen molar-refractivity contribution in [2.45, 2.75) is 23.1 Å². The molecule has 0 radical (unpaired) electrons. The average molecular weight is 284 g/mol. The Bertz CT molecular complexity index is 502. The second kappa shape index (κ2) is 5.98. The molecule has 8 heteroatoms. The fourth-order valence-electron chi connectivity index (χ4n) is 1.77. The Balaban J connectivity index is 2.20. The number of carbonyl (C=O) groups is 1. The number of pyridine rings is 1. The zero-order valence-corrected chi connectivity index (χ0v) is 10.8. The van der Waals surface area contributed by atoms with E-state index in [4.69, 9.17) is 9.84 Å². The predicted octanol–water partition coefficient (Wildman–Crippen LogP) is 1.96. The third-order valence-electron chi connectivity index (χ3n) is 2.74. The number of nitrogens with zero attached hydrogens (tertiary/aromatic N) is 2. The standard InChI is InChI=1S/C11H12N2O5S/c14-11(15)8-5-10(12-6-9(8)13(16)17)19-7-1-3-18-4-2-7/h5-7H,1-4H2,(H,14,15). The van der Waals surface area contributed by atoms with Crippen LogP contribution in [0.4, 0.5) is 5.69 Å². The lowest BCUT2D eigenvalue weighted by Crippen LogP contribution is -2.17. The summed E-state index contributed by atoms with van der Waals surface area (Å²) in [6, 6.07) is 1.26. The van der Waals surface area contributed by atoms with Crippen LogP contribution in [0, 0.1) is 10.1 Å². The maximum Gasteiger partial charge on any atom is 0.342 e. The molecule has 1 aliphatic heterocycles. The number of carboxylic acid groups (broad SMARTS) is 1. The molecule has 1 aromatic heterocycles. The highest BCUT2D eigenvalue weighted by Crippen LogP contribution is 2.30. The summed E-state index contributed by atoms with van der Waals surface area (Å²) in [6.45, 7) is 1.35.